The Morgan fingerprint density at radius 1 is 1.25 bits per heavy atom. The van der Waals surface area contributed by atoms with E-state index < -0.39 is 34.2 Å². The van der Waals surface area contributed by atoms with Gasteiger partial charge in [-0.3, -0.25) is 4.79 Å². The zero-order valence-corrected chi connectivity index (χ0v) is 17.0. The van der Waals surface area contributed by atoms with Gasteiger partial charge in [0.1, 0.15) is 11.9 Å². The summed E-state index contributed by atoms with van der Waals surface area (Å²) < 4.78 is 39.3. The molecule has 2 aliphatic heterocycles. The average molecular weight is 422 g/mol. The Labute approximate surface area is 169 Å². The van der Waals surface area contributed by atoms with Crippen molar-refractivity contribution in [2.45, 2.75) is 42.8 Å². The molecule has 2 aromatic carbocycles. The molecule has 0 saturated carbocycles. The van der Waals surface area contributed by atoms with Crippen molar-refractivity contribution in [3.63, 3.8) is 0 Å². The van der Waals surface area contributed by atoms with E-state index in [4.69, 9.17) is 21.1 Å². The number of carbonyl (C=O) groups excluding carboxylic acids is 1. The summed E-state index contributed by atoms with van der Waals surface area (Å²) in [6.45, 7) is 1.89. The molecule has 4 rings (SSSR count). The fourth-order valence-corrected chi connectivity index (χ4v) is 6.03. The molecule has 3 unspecified atom stereocenters. The zero-order chi connectivity index (χ0) is 20.1. The first-order valence-electron chi connectivity index (χ1n) is 8.95. The van der Waals surface area contributed by atoms with Crippen LogP contribution in [0.2, 0.25) is 5.02 Å². The summed E-state index contributed by atoms with van der Waals surface area (Å²) >= 11 is 6.29. The van der Waals surface area contributed by atoms with E-state index in [1.807, 2.05) is 13.0 Å². The number of aryl methyl sites for hydroxylation is 1. The van der Waals surface area contributed by atoms with Crippen molar-refractivity contribution in [1.29, 1.82) is 0 Å². The molecule has 2 aliphatic rings. The topological polar surface area (TPSA) is 72.9 Å². The molecule has 2 bridgehead atoms. The molecule has 8 heteroatoms. The third-order valence-corrected chi connectivity index (χ3v) is 7.59. The Morgan fingerprint density at radius 2 is 1.96 bits per heavy atom. The molecule has 0 amide bonds. The van der Waals surface area contributed by atoms with E-state index in [0.29, 0.717) is 22.8 Å². The van der Waals surface area contributed by atoms with Crippen LogP contribution in [-0.2, 0) is 19.6 Å². The van der Waals surface area contributed by atoms with E-state index >= 15 is 0 Å². The smallest absolute Gasteiger partial charge is 0.307 e. The second-order valence-corrected chi connectivity index (χ2v) is 9.31. The Balaban J connectivity index is 1.83. The normalized spacial score (nSPS) is 23.8. The molecule has 0 radical (unpaired) electrons. The highest BCUT2D eigenvalue weighted by molar-refractivity contribution is 7.89. The SMILES string of the molecule is COC(=O)CC1C2CC(c3cccc(Cl)c3O2)N1S(=O)(=O)c1ccc(C)cc1. The molecule has 0 N–H and O–H groups in total. The van der Waals surface area contributed by atoms with Crippen LogP contribution < -0.4 is 4.74 Å². The van der Waals surface area contributed by atoms with Gasteiger partial charge in [-0.05, 0) is 25.1 Å². The van der Waals surface area contributed by atoms with Gasteiger partial charge in [0.25, 0.3) is 0 Å². The van der Waals surface area contributed by atoms with Crippen molar-refractivity contribution in [1.82, 2.24) is 4.31 Å². The van der Waals surface area contributed by atoms with Crippen LogP contribution in [0.15, 0.2) is 47.4 Å². The number of halogens is 1. The molecule has 0 spiro atoms. The molecule has 1 fully saturated rings. The maximum absolute atomic E-state index is 13.5. The quantitative estimate of drug-likeness (QED) is 0.707. The number of ether oxygens (including phenoxy) is 2. The average Bonchev–Trinajstić information content (AvgIpc) is 2.96. The van der Waals surface area contributed by atoms with Crippen LogP contribution in [0.4, 0.5) is 0 Å². The third-order valence-electron chi connectivity index (χ3n) is 5.34. The van der Waals surface area contributed by atoms with E-state index in [1.165, 1.54) is 11.4 Å². The van der Waals surface area contributed by atoms with E-state index in [9.17, 15) is 13.2 Å². The second kappa shape index (κ2) is 7.06. The van der Waals surface area contributed by atoms with E-state index in [-0.39, 0.29) is 11.3 Å². The highest BCUT2D eigenvalue weighted by Crippen LogP contribution is 2.51. The number of benzene rings is 2. The lowest BCUT2D eigenvalue weighted by Gasteiger charge is -2.28. The summed E-state index contributed by atoms with van der Waals surface area (Å²) in [5.74, 6) is 0.00213. The molecule has 0 aliphatic carbocycles. The van der Waals surface area contributed by atoms with Gasteiger partial charge in [0, 0.05) is 12.0 Å². The van der Waals surface area contributed by atoms with Gasteiger partial charge in [0.05, 0.1) is 35.5 Å². The number of para-hydroxylation sites is 1. The summed E-state index contributed by atoms with van der Waals surface area (Å²) in [5, 5.41) is 0.429. The number of nitrogens with zero attached hydrogens (tertiary/aromatic N) is 1. The highest BCUT2D eigenvalue weighted by atomic mass is 35.5. The van der Waals surface area contributed by atoms with E-state index in [1.54, 1.807) is 36.4 Å². The summed E-state index contributed by atoms with van der Waals surface area (Å²) in [7, 11) is -2.58. The Morgan fingerprint density at radius 3 is 2.64 bits per heavy atom. The fourth-order valence-electron chi connectivity index (χ4n) is 3.98. The predicted octanol–water partition coefficient (Wildman–Crippen LogP) is 3.48. The minimum atomic E-state index is -3.87. The number of rotatable bonds is 4. The first kappa shape index (κ1) is 19.2. The Hall–Kier alpha value is -2.09. The lowest BCUT2D eigenvalue weighted by molar-refractivity contribution is -0.142. The van der Waals surface area contributed by atoms with Crippen LogP contribution in [0.25, 0.3) is 0 Å². The number of hydrogen-bond acceptors (Lipinski definition) is 5. The zero-order valence-electron chi connectivity index (χ0n) is 15.5. The van der Waals surface area contributed by atoms with Gasteiger partial charge in [-0.15, -0.1) is 0 Å². The Kier molecular flexibility index (Phi) is 4.85. The third kappa shape index (κ3) is 3.07. The molecule has 148 valence electrons. The maximum atomic E-state index is 13.5. The summed E-state index contributed by atoms with van der Waals surface area (Å²) in [4.78, 5) is 12.2. The van der Waals surface area contributed by atoms with Gasteiger partial charge in [-0.25, -0.2) is 8.42 Å². The molecule has 28 heavy (non-hydrogen) atoms. The summed E-state index contributed by atoms with van der Waals surface area (Å²) in [5.41, 5.74) is 1.68. The van der Waals surface area contributed by atoms with Crippen LogP contribution >= 0.6 is 11.6 Å². The van der Waals surface area contributed by atoms with Gasteiger partial charge in [-0.2, -0.15) is 4.31 Å². The first-order valence-corrected chi connectivity index (χ1v) is 10.8. The number of methoxy groups -OCH3 is 1. The van der Waals surface area contributed by atoms with Crippen molar-refractivity contribution >= 4 is 27.6 Å². The number of sulfonamides is 1. The van der Waals surface area contributed by atoms with Gasteiger partial charge in [0.2, 0.25) is 10.0 Å². The highest BCUT2D eigenvalue weighted by Gasteiger charge is 2.53. The number of esters is 1. The summed E-state index contributed by atoms with van der Waals surface area (Å²) in [6.07, 6.45) is -0.106. The monoisotopic (exact) mass is 421 g/mol. The van der Waals surface area contributed by atoms with Crippen LogP contribution in [0, 0.1) is 6.92 Å². The minimum Gasteiger partial charge on any atom is -0.487 e. The lowest BCUT2D eigenvalue weighted by Crippen LogP contribution is -2.42. The maximum Gasteiger partial charge on any atom is 0.307 e. The lowest BCUT2D eigenvalue weighted by atomic mass is 9.99. The van der Waals surface area contributed by atoms with Crippen LogP contribution in [0.3, 0.4) is 0 Å². The van der Waals surface area contributed by atoms with Crippen LogP contribution in [0.5, 0.6) is 5.75 Å². The fraction of sp³-hybridized carbons (Fsp3) is 0.350. The molecule has 1 saturated heterocycles. The predicted molar refractivity (Wildman–Crippen MR) is 104 cm³/mol. The number of fused-ring (bicyclic) bond motifs is 4. The van der Waals surface area contributed by atoms with E-state index in [0.717, 1.165) is 5.56 Å². The molecule has 0 aromatic heterocycles. The summed E-state index contributed by atoms with van der Waals surface area (Å²) in [6, 6.07) is 10.9. The number of carbonyl (C=O) groups is 1. The van der Waals surface area contributed by atoms with Gasteiger partial charge < -0.3 is 9.47 Å². The van der Waals surface area contributed by atoms with Crippen LogP contribution in [0.1, 0.15) is 30.0 Å². The molecule has 2 heterocycles. The molecule has 2 aromatic rings. The minimum absolute atomic E-state index is 0.0889. The molecule has 3 atom stereocenters. The van der Waals surface area contributed by atoms with Gasteiger partial charge in [0.15, 0.2) is 0 Å². The Bertz CT molecular complexity index is 1020. The molecular weight excluding hydrogens is 402 g/mol. The number of hydrogen-bond donors (Lipinski definition) is 0. The van der Waals surface area contributed by atoms with Crippen molar-refractivity contribution < 1.29 is 22.7 Å². The van der Waals surface area contributed by atoms with Gasteiger partial charge >= 0.3 is 5.97 Å². The van der Waals surface area contributed by atoms with Crippen molar-refractivity contribution in [3.05, 3.63) is 58.6 Å². The standard InChI is InChI=1S/C20H20ClNO5S/c1-12-6-8-13(9-7-12)28(24,25)22-16-10-18(17(22)11-19(23)26-2)27-20-14(16)4-3-5-15(20)21/h3-9,16-18H,10-11H2,1-2H3. The van der Waals surface area contributed by atoms with Crippen LogP contribution in [-0.4, -0.2) is 37.9 Å². The molecular formula is C20H20ClNO5S. The second-order valence-electron chi connectivity index (χ2n) is 7.06. The van der Waals surface area contributed by atoms with Crippen molar-refractivity contribution in [2.24, 2.45) is 0 Å². The van der Waals surface area contributed by atoms with Gasteiger partial charge in [-0.1, -0.05) is 41.4 Å². The first-order chi connectivity index (χ1) is 13.3. The molecule has 6 nitrogen and oxygen atoms in total. The van der Waals surface area contributed by atoms with Crippen molar-refractivity contribution in [3.8, 4) is 5.75 Å². The largest absolute Gasteiger partial charge is 0.487 e. The van der Waals surface area contributed by atoms with E-state index in [2.05, 4.69) is 0 Å². The van der Waals surface area contributed by atoms with Crippen molar-refractivity contribution in [2.75, 3.05) is 7.11 Å².